The van der Waals surface area contributed by atoms with Gasteiger partial charge in [0.05, 0.1) is 13.7 Å². The third-order valence-electron chi connectivity index (χ3n) is 2.84. The smallest absolute Gasteiger partial charge is 0.251 e. The first-order valence-corrected chi connectivity index (χ1v) is 6.21. The van der Waals surface area contributed by atoms with Gasteiger partial charge in [-0.15, -0.1) is 0 Å². The maximum Gasteiger partial charge on any atom is 0.251 e. The van der Waals surface area contributed by atoms with Gasteiger partial charge < -0.3 is 10.1 Å². The molecule has 0 saturated heterocycles. The van der Waals surface area contributed by atoms with Crippen LogP contribution in [0.2, 0.25) is 0 Å². The second-order valence-corrected chi connectivity index (χ2v) is 4.20. The van der Waals surface area contributed by atoms with Crippen LogP contribution in [-0.4, -0.2) is 25.3 Å². The van der Waals surface area contributed by atoms with Crippen LogP contribution in [0.25, 0.3) is 0 Å². The van der Waals surface area contributed by atoms with Crippen LogP contribution in [0.5, 0.6) is 5.75 Å². The van der Waals surface area contributed by atoms with Gasteiger partial charge in [0, 0.05) is 11.1 Å². The van der Waals surface area contributed by atoms with E-state index in [2.05, 4.69) is 5.32 Å². The normalized spacial score (nSPS) is 9.85. The van der Waals surface area contributed by atoms with E-state index < -0.39 is 0 Å². The summed E-state index contributed by atoms with van der Waals surface area (Å²) in [6.07, 6.45) is 0. The number of amides is 1. The van der Waals surface area contributed by atoms with E-state index in [1.165, 1.54) is 7.11 Å². The van der Waals surface area contributed by atoms with E-state index in [1.54, 1.807) is 48.5 Å². The molecule has 0 spiro atoms. The average molecular weight is 269 g/mol. The molecule has 2 aromatic carbocycles. The van der Waals surface area contributed by atoms with Gasteiger partial charge in [-0.3, -0.25) is 9.59 Å². The van der Waals surface area contributed by atoms with Crippen LogP contribution in [0.3, 0.4) is 0 Å². The lowest BCUT2D eigenvalue weighted by atomic mass is 10.1. The third kappa shape index (κ3) is 3.45. The van der Waals surface area contributed by atoms with Crippen LogP contribution in [0.4, 0.5) is 0 Å². The Labute approximate surface area is 117 Å². The summed E-state index contributed by atoms with van der Waals surface area (Å²) in [5, 5.41) is 2.60. The van der Waals surface area contributed by atoms with Crippen molar-refractivity contribution in [3.8, 4) is 5.75 Å². The van der Waals surface area contributed by atoms with Crippen molar-refractivity contribution in [1.82, 2.24) is 5.32 Å². The van der Waals surface area contributed by atoms with Crippen LogP contribution in [0.15, 0.2) is 54.6 Å². The molecule has 20 heavy (non-hydrogen) atoms. The molecule has 0 atom stereocenters. The summed E-state index contributed by atoms with van der Waals surface area (Å²) >= 11 is 0. The highest BCUT2D eigenvalue weighted by molar-refractivity contribution is 6.02. The fourth-order valence-electron chi connectivity index (χ4n) is 1.75. The van der Waals surface area contributed by atoms with Gasteiger partial charge in [0.25, 0.3) is 5.91 Å². The maximum absolute atomic E-state index is 11.9. The minimum Gasteiger partial charge on any atom is -0.497 e. The van der Waals surface area contributed by atoms with Crippen molar-refractivity contribution in [3.63, 3.8) is 0 Å². The molecular formula is C16H15NO3. The molecule has 2 aromatic rings. The molecule has 1 amide bonds. The van der Waals surface area contributed by atoms with E-state index in [0.29, 0.717) is 16.9 Å². The zero-order valence-electron chi connectivity index (χ0n) is 11.1. The quantitative estimate of drug-likeness (QED) is 0.847. The number of methoxy groups -OCH3 is 1. The molecule has 0 aliphatic rings. The Morgan fingerprint density at radius 1 is 1.00 bits per heavy atom. The topological polar surface area (TPSA) is 55.4 Å². The largest absolute Gasteiger partial charge is 0.497 e. The number of hydrogen-bond acceptors (Lipinski definition) is 3. The van der Waals surface area contributed by atoms with Gasteiger partial charge in [0.1, 0.15) is 5.75 Å². The van der Waals surface area contributed by atoms with Crippen molar-refractivity contribution in [1.29, 1.82) is 0 Å². The summed E-state index contributed by atoms with van der Waals surface area (Å²) in [5.74, 6) is 0.182. The zero-order chi connectivity index (χ0) is 14.4. The Hall–Kier alpha value is -2.62. The molecule has 0 aliphatic carbocycles. The SMILES string of the molecule is COc1cccc(C(=O)NCC(=O)c2ccccc2)c1. The number of benzene rings is 2. The van der Waals surface area contributed by atoms with Crippen LogP contribution in [0.1, 0.15) is 20.7 Å². The fourth-order valence-corrected chi connectivity index (χ4v) is 1.75. The van der Waals surface area contributed by atoms with Gasteiger partial charge in [-0.1, -0.05) is 36.4 Å². The van der Waals surface area contributed by atoms with E-state index in [1.807, 2.05) is 6.07 Å². The lowest BCUT2D eigenvalue weighted by molar-refractivity contribution is 0.0904. The number of ketones is 1. The Morgan fingerprint density at radius 2 is 1.70 bits per heavy atom. The summed E-state index contributed by atoms with van der Waals surface area (Å²) in [7, 11) is 1.54. The molecule has 102 valence electrons. The van der Waals surface area contributed by atoms with E-state index in [-0.39, 0.29) is 18.2 Å². The second kappa shape index (κ2) is 6.52. The Morgan fingerprint density at radius 3 is 2.40 bits per heavy atom. The molecule has 0 heterocycles. The Bertz CT molecular complexity index is 608. The number of ether oxygens (including phenoxy) is 1. The molecule has 0 aromatic heterocycles. The van der Waals surface area contributed by atoms with Crippen molar-refractivity contribution in [2.45, 2.75) is 0 Å². The van der Waals surface area contributed by atoms with Crippen LogP contribution in [0, 0.1) is 0 Å². The monoisotopic (exact) mass is 269 g/mol. The average Bonchev–Trinajstić information content (AvgIpc) is 2.53. The highest BCUT2D eigenvalue weighted by Crippen LogP contribution is 2.12. The first kappa shape index (κ1) is 13.8. The lowest BCUT2D eigenvalue weighted by Crippen LogP contribution is -2.29. The number of rotatable bonds is 5. The van der Waals surface area contributed by atoms with E-state index in [9.17, 15) is 9.59 Å². The van der Waals surface area contributed by atoms with Gasteiger partial charge >= 0.3 is 0 Å². The minimum atomic E-state index is -0.298. The molecule has 0 radical (unpaired) electrons. The Balaban J connectivity index is 1.97. The van der Waals surface area contributed by atoms with E-state index >= 15 is 0 Å². The van der Waals surface area contributed by atoms with Gasteiger partial charge in [-0.2, -0.15) is 0 Å². The van der Waals surface area contributed by atoms with Crippen molar-refractivity contribution >= 4 is 11.7 Å². The predicted molar refractivity (Wildman–Crippen MR) is 76.1 cm³/mol. The standard InChI is InChI=1S/C16H15NO3/c1-20-14-9-5-8-13(10-14)16(19)17-11-15(18)12-6-3-2-4-7-12/h2-10H,11H2,1H3,(H,17,19). The Kier molecular flexibility index (Phi) is 4.50. The molecule has 0 aliphatic heterocycles. The third-order valence-corrected chi connectivity index (χ3v) is 2.84. The number of hydrogen-bond donors (Lipinski definition) is 1. The fraction of sp³-hybridized carbons (Fsp3) is 0.125. The van der Waals surface area contributed by atoms with Crippen LogP contribution in [-0.2, 0) is 0 Å². The van der Waals surface area contributed by atoms with Crippen molar-refractivity contribution in [2.75, 3.05) is 13.7 Å². The minimum absolute atomic E-state index is 0.0277. The molecule has 0 bridgehead atoms. The summed E-state index contributed by atoms with van der Waals surface area (Å²) < 4.78 is 5.05. The van der Waals surface area contributed by atoms with Gasteiger partial charge in [-0.05, 0) is 18.2 Å². The number of nitrogens with one attached hydrogen (secondary N) is 1. The summed E-state index contributed by atoms with van der Waals surface area (Å²) in [5.41, 5.74) is 1.05. The number of carbonyl (C=O) groups excluding carboxylic acids is 2. The number of carbonyl (C=O) groups is 2. The second-order valence-electron chi connectivity index (χ2n) is 4.20. The first-order chi connectivity index (χ1) is 9.70. The molecule has 1 N–H and O–H groups in total. The van der Waals surface area contributed by atoms with Gasteiger partial charge in [0.2, 0.25) is 0 Å². The van der Waals surface area contributed by atoms with Crippen LogP contribution >= 0.6 is 0 Å². The van der Waals surface area contributed by atoms with Crippen molar-refractivity contribution in [2.24, 2.45) is 0 Å². The zero-order valence-corrected chi connectivity index (χ0v) is 11.1. The van der Waals surface area contributed by atoms with Crippen molar-refractivity contribution < 1.29 is 14.3 Å². The molecule has 4 heteroatoms. The van der Waals surface area contributed by atoms with Gasteiger partial charge in [-0.25, -0.2) is 0 Å². The van der Waals surface area contributed by atoms with E-state index in [4.69, 9.17) is 4.74 Å². The molecule has 4 nitrogen and oxygen atoms in total. The molecule has 2 rings (SSSR count). The lowest BCUT2D eigenvalue weighted by Gasteiger charge is -2.06. The maximum atomic E-state index is 11.9. The molecule has 0 fully saturated rings. The van der Waals surface area contributed by atoms with Gasteiger partial charge in [0.15, 0.2) is 5.78 Å². The van der Waals surface area contributed by atoms with Crippen molar-refractivity contribution in [3.05, 3.63) is 65.7 Å². The summed E-state index contributed by atoms with van der Waals surface area (Å²) in [6, 6.07) is 15.6. The summed E-state index contributed by atoms with van der Waals surface area (Å²) in [6.45, 7) is -0.0277. The highest BCUT2D eigenvalue weighted by atomic mass is 16.5. The first-order valence-electron chi connectivity index (χ1n) is 6.21. The predicted octanol–water partition coefficient (Wildman–Crippen LogP) is 2.31. The summed E-state index contributed by atoms with van der Waals surface area (Å²) in [4.78, 5) is 23.8. The highest BCUT2D eigenvalue weighted by Gasteiger charge is 2.10. The molecule has 0 saturated carbocycles. The van der Waals surface area contributed by atoms with Crippen LogP contribution < -0.4 is 10.1 Å². The number of Topliss-reactive ketones (excluding diaryl/α,β-unsaturated/α-hetero) is 1. The molecule has 0 unspecified atom stereocenters. The van der Waals surface area contributed by atoms with E-state index in [0.717, 1.165) is 0 Å². The molecular weight excluding hydrogens is 254 g/mol.